The third kappa shape index (κ3) is 5.94. The number of carbonyl (C=O) groups is 2. The Bertz CT molecular complexity index is 558. The number of aryl methyl sites for hydroxylation is 2. The number of hydrogen-bond acceptors (Lipinski definition) is 4. The molecule has 0 radical (unpaired) electrons. The summed E-state index contributed by atoms with van der Waals surface area (Å²) in [6.45, 7) is 4.45. The van der Waals surface area contributed by atoms with Crippen LogP contribution in [0.2, 0.25) is 0 Å². The Morgan fingerprint density at radius 3 is 2.36 bits per heavy atom. The lowest BCUT2D eigenvalue weighted by atomic mass is 10.1. The van der Waals surface area contributed by atoms with Crippen molar-refractivity contribution in [2.45, 2.75) is 20.3 Å². The van der Waals surface area contributed by atoms with E-state index in [1.807, 2.05) is 38.1 Å². The summed E-state index contributed by atoms with van der Waals surface area (Å²) in [5.74, 6) is -0.359. The summed E-state index contributed by atoms with van der Waals surface area (Å²) in [7, 11) is 1.70. The van der Waals surface area contributed by atoms with Gasteiger partial charge in [-0.3, -0.25) is 14.5 Å². The van der Waals surface area contributed by atoms with Gasteiger partial charge in [-0.1, -0.05) is 18.2 Å². The average molecular weight is 302 g/mol. The van der Waals surface area contributed by atoms with Crippen LogP contribution in [0.15, 0.2) is 18.2 Å². The van der Waals surface area contributed by atoms with Crippen LogP contribution in [-0.2, 0) is 9.59 Å². The highest BCUT2D eigenvalue weighted by Gasteiger charge is 2.12. The highest BCUT2D eigenvalue weighted by molar-refractivity contribution is 5.94. The van der Waals surface area contributed by atoms with Gasteiger partial charge in [-0.25, -0.2) is 0 Å². The quantitative estimate of drug-likeness (QED) is 0.741. The molecule has 0 fully saturated rings. The van der Waals surface area contributed by atoms with E-state index in [9.17, 15) is 9.59 Å². The largest absolute Gasteiger partial charge is 0.354 e. The van der Waals surface area contributed by atoms with Crippen LogP contribution in [0.1, 0.15) is 17.5 Å². The summed E-state index contributed by atoms with van der Waals surface area (Å²) in [5, 5.41) is 13.9. The smallest absolute Gasteiger partial charge is 0.238 e. The van der Waals surface area contributed by atoms with Crippen LogP contribution in [0, 0.1) is 25.2 Å². The van der Waals surface area contributed by atoms with Crippen LogP contribution < -0.4 is 10.6 Å². The number of amides is 2. The van der Waals surface area contributed by atoms with Crippen molar-refractivity contribution in [2.24, 2.45) is 0 Å². The first-order valence-corrected chi connectivity index (χ1v) is 7.12. The van der Waals surface area contributed by atoms with Crippen LogP contribution in [0.4, 0.5) is 5.69 Å². The summed E-state index contributed by atoms with van der Waals surface area (Å²) in [4.78, 5) is 25.3. The van der Waals surface area contributed by atoms with Crippen molar-refractivity contribution in [1.82, 2.24) is 10.2 Å². The Morgan fingerprint density at radius 2 is 1.77 bits per heavy atom. The van der Waals surface area contributed by atoms with E-state index in [0.717, 1.165) is 16.8 Å². The van der Waals surface area contributed by atoms with Crippen molar-refractivity contribution in [2.75, 3.05) is 32.0 Å². The summed E-state index contributed by atoms with van der Waals surface area (Å²) in [6, 6.07) is 7.78. The Hall–Kier alpha value is -2.39. The molecule has 0 saturated carbocycles. The molecule has 6 heteroatoms. The number of hydrogen-bond donors (Lipinski definition) is 2. The van der Waals surface area contributed by atoms with Gasteiger partial charge in [0.15, 0.2) is 0 Å². The second-order valence-corrected chi connectivity index (χ2v) is 5.25. The fourth-order valence-corrected chi connectivity index (χ4v) is 2.05. The van der Waals surface area contributed by atoms with Gasteiger partial charge in [-0.15, -0.1) is 0 Å². The number of nitriles is 1. The van der Waals surface area contributed by atoms with Gasteiger partial charge < -0.3 is 10.6 Å². The van der Waals surface area contributed by atoms with Crippen LogP contribution in [0.25, 0.3) is 0 Å². The number of carbonyl (C=O) groups excluding carboxylic acids is 2. The Labute approximate surface area is 131 Å². The molecule has 1 aromatic carbocycles. The Balaban J connectivity index is 2.45. The summed E-state index contributed by atoms with van der Waals surface area (Å²) < 4.78 is 0. The lowest BCUT2D eigenvalue weighted by Gasteiger charge is -2.17. The van der Waals surface area contributed by atoms with Crippen LogP contribution in [0.3, 0.4) is 0 Å². The van der Waals surface area contributed by atoms with Crippen molar-refractivity contribution in [3.05, 3.63) is 29.3 Å². The molecule has 0 heterocycles. The average Bonchev–Trinajstić information content (AvgIpc) is 2.43. The van der Waals surface area contributed by atoms with E-state index in [1.54, 1.807) is 11.9 Å². The summed E-state index contributed by atoms with van der Waals surface area (Å²) in [6.07, 6.45) is 0.280. The van der Waals surface area contributed by atoms with Gasteiger partial charge >= 0.3 is 0 Å². The fraction of sp³-hybridized carbons (Fsp3) is 0.438. The van der Waals surface area contributed by atoms with E-state index < -0.39 is 0 Å². The molecule has 6 nitrogen and oxygen atoms in total. The molecule has 0 saturated heterocycles. The summed E-state index contributed by atoms with van der Waals surface area (Å²) in [5.41, 5.74) is 2.83. The van der Waals surface area contributed by atoms with E-state index in [-0.39, 0.29) is 31.3 Å². The minimum Gasteiger partial charge on any atom is -0.354 e. The van der Waals surface area contributed by atoms with E-state index in [0.29, 0.717) is 6.54 Å². The number of rotatable bonds is 7. The van der Waals surface area contributed by atoms with Crippen molar-refractivity contribution in [3.8, 4) is 6.07 Å². The van der Waals surface area contributed by atoms with Gasteiger partial charge in [0, 0.05) is 12.2 Å². The topological polar surface area (TPSA) is 85.2 Å². The van der Waals surface area contributed by atoms with Crippen LogP contribution >= 0.6 is 0 Å². The van der Waals surface area contributed by atoms with E-state index in [4.69, 9.17) is 5.26 Å². The van der Waals surface area contributed by atoms with E-state index >= 15 is 0 Å². The number of likely N-dealkylation sites (N-methyl/N-ethyl adjacent to an activating group) is 1. The zero-order chi connectivity index (χ0) is 16.5. The molecular weight excluding hydrogens is 280 g/mol. The number of anilines is 1. The molecule has 0 aliphatic carbocycles. The zero-order valence-electron chi connectivity index (χ0n) is 13.3. The number of benzene rings is 1. The normalized spacial score (nSPS) is 10.1. The van der Waals surface area contributed by atoms with Gasteiger partial charge in [0.25, 0.3) is 0 Å². The van der Waals surface area contributed by atoms with Gasteiger partial charge in [0.05, 0.1) is 25.6 Å². The molecule has 0 unspecified atom stereocenters. The predicted molar refractivity (Wildman–Crippen MR) is 85.3 cm³/mol. The first kappa shape index (κ1) is 17.7. The van der Waals surface area contributed by atoms with Gasteiger partial charge in [-0.2, -0.15) is 5.26 Å². The maximum Gasteiger partial charge on any atom is 0.238 e. The lowest BCUT2D eigenvalue weighted by Crippen LogP contribution is -2.39. The van der Waals surface area contributed by atoms with Crippen molar-refractivity contribution in [1.29, 1.82) is 5.26 Å². The Morgan fingerprint density at radius 1 is 1.18 bits per heavy atom. The molecule has 0 spiro atoms. The zero-order valence-corrected chi connectivity index (χ0v) is 13.3. The molecule has 2 N–H and O–H groups in total. The Kier molecular flexibility index (Phi) is 7.06. The molecule has 118 valence electrons. The van der Waals surface area contributed by atoms with Gasteiger partial charge in [0.1, 0.15) is 0 Å². The molecule has 0 aliphatic rings. The second-order valence-electron chi connectivity index (χ2n) is 5.25. The van der Waals surface area contributed by atoms with E-state index in [1.165, 1.54) is 0 Å². The first-order chi connectivity index (χ1) is 10.4. The van der Waals surface area contributed by atoms with E-state index in [2.05, 4.69) is 10.6 Å². The standard InChI is InChI=1S/C16H22N4O2/c1-12-6-4-7-13(2)16(12)19-15(22)11-20(3)10-14(21)18-9-5-8-17/h4,6-7H,5,9-11H2,1-3H3,(H,18,21)(H,19,22). The molecular formula is C16H22N4O2. The van der Waals surface area contributed by atoms with Crippen LogP contribution in [-0.4, -0.2) is 43.4 Å². The molecule has 2 amide bonds. The minimum absolute atomic E-state index is 0.117. The number of nitrogens with one attached hydrogen (secondary N) is 2. The molecule has 22 heavy (non-hydrogen) atoms. The van der Waals surface area contributed by atoms with Gasteiger partial charge in [-0.05, 0) is 32.0 Å². The second kappa shape index (κ2) is 8.80. The first-order valence-electron chi connectivity index (χ1n) is 7.12. The minimum atomic E-state index is -0.197. The third-order valence-corrected chi connectivity index (χ3v) is 3.13. The highest BCUT2D eigenvalue weighted by Crippen LogP contribution is 2.19. The maximum absolute atomic E-state index is 12.0. The molecule has 1 rings (SSSR count). The number of nitrogens with zero attached hydrogens (tertiary/aromatic N) is 2. The molecule has 0 atom stereocenters. The van der Waals surface area contributed by atoms with Crippen molar-refractivity contribution >= 4 is 17.5 Å². The van der Waals surface area contributed by atoms with Crippen LogP contribution in [0.5, 0.6) is 0 Å². The molecule has 0 aliphatic heterocycles. The maximum atomic E-state index is 12.0. The van der Waals surface area contributed by atoms with Crippen molar-refractivity contribution in [3.63, 3.8) is 0 Å². The van der Waals surface area contributed by atoms with Crippen molar-refractivity contribution < 1.29 is 9.59 Å². The molecule has 1 aromatic rings. The number of para-hydroxylation sites is 1. The lowest BCUT2D eigenvalue weighted by molar-refractivity contribution is -0.122. The third-order valence-electron chi connectivity index (χ3n) is 3.13. The fourth-order valence-electron chi connectivity index (χ4n) is 2.05. The SMILES string of the molecule is Cc1cccc(C)c1NC(=O)CN(C)CC(=O)NCCC#N. The summed E-state index contributed by atoms with van der Waals surface area (Å²) >= 11 is 0. The highest BCUT2D eigenvalue weighted by atomic mass is 16.2. The monoisotopic (exact) mass is 302 g/mol. The predicted octanol–water partition coefficient (Wildman–Crippen LogP) is 1.20. The molecule has 0 bridgehead atoms. The van der Waals surface area contributed by atoms with Gasteiger partial charge in [0.2, 0.25) is 11.8 Å². The molecule has 0 aromatic heterocycles.